The molecule has 0 fully saturated rings. The highest BCUT2D eigenvalue weighted by Gasteiger charge is 2.19. The van der Waals surface area contributed by atoms with Crippen LogP contribution >= 0.6 is 0 Å². The van der Waals surface area contributed by atoms with Crippen molar-refractivity contribution in [2.45, 2.75) is 6.92 Å². The highest BCUT2D eigenvalue weighted by molar-refractivity contribution is 5.72. The van der Waals surface area contributed by atoms with Gasteiger partial charge in [0.05, 0.1) is 18.0 Å². The Morgan fingerprint density at radius 1 is 1.68 bits per heavy atom. The molecule has 19 heavy (non-hydrogen) atoms. The van der Waals surface area contributed by atoms with Gasteiger partial charge in [0.2, 0.25) is 11.8 Å². The Bertz CT molecular complexity index is 493. The summed E-state index contributed by atoms with van der Waals surface area (Å²) in [6.07, 6.45) is 1.04. The lowest BCUT2D eigenvalue weighted by molar-refractivity contribution is -0.384. The van der Waals surface area contributed by atoms with E-state index in [2.05, 4.69) is 14.7 Å². The van der Waals surface area contributed by atoms with Gasteiger partial charge in [0, 0.05) is 13.6 Å². The second-order valence-electron chi connectivity index (χ2n) is 4.00. The van der Waals surface area contributed by atoms with Gasteiger partial charge < -0.3 is 15.4 Å². The number of nitrogens with two attached hydrogens (primary N) is 1. The van der Waals surface area contributed by atoms with Crippen LogP contribution in [-0.2, 0) is 9.53 Å². The molecule has 0 spiro atoms. The zero-order valence-electron chi connectivity index (χ0n) is 10.9. The maximum atomic E-state index is 11.3. The van der Waals surface area contributed by atoms with E-state index >= 15 is 0 Å². The molecule has 9 nitrogen and oxygen atoms in total. The van der Waals surface area contributed by atoms with E-state index in [1.165, 1.54) is 7.11 Å². The van der Waals surface area contributed by atoms with Crippen LogP contribution in [0, 0.1) is 16.0 Å². The standard InChI is InChI=1S/C10H15N5O4/c1-6(9(16)19-3)5-14(2)10-12-4-7(15(17)18)8(11)13-10/h4,6H,5H2,1-3H3,(H2,11,12,13). The predicted molar refractivity (Wildman–Crippen MR) is 67.5 cm³/mol. The Morgan fingerprint density at radius 2 is 2.32 bits per heavy atom. The van der Waals surface area contributed by atoms with Crippen molar-refractivity contribution in [1.29, 1.82) is 0 Å². The Morgan fingerprint density at radius 3 is 2.79 bits per heavy atom. The van der Waals surface area contributed by atoms with E-state index in [0.29, 0.717) is 6.54 Å². The number of nitrogen functional groups attached to an aromatic ring is 1. The number of carbonyl (C=O) groups is 1. The number of hydrogen-bond donors (Lipinski definition) is 1. The van der Waals surface area contributed by atoms with Crippen molar-refractivity contribution in [3.8, 4) is 0 Å². The highest BCUT2D eigenvalue weighted by Crippen LogP contribution is 2.20. The molecule has 1 rings (SSSR count). The molecule has 1 heterocycles. The van der Waals surface area contributed by atoms with Crippen molar-refractivity contribution in [3.63, 3.8) is 0 Å². The number of aromatic nitrogens is 2. The van der Waals surface area contributed by atoms with Gasteiger partial charge in [-0.15, -0.1) is 0 Å². The van der Waals surface area contributed by atoms with Crippen molar-refractivity contribution < 1.29 is 14.5 Å². The summed E-state index contributed by atoms with van der Waals surface area (Å²) in [5.41, 5.74) is 5.12. The lowest BCUT2D eigenvalue weighted by atomic mass is 10.2. The van der Waals surface area contributed by atoms with Crippen LogP contribution < -0.4 is 10.6 Å². The quantitative estimate of drug-likeness (QED) is 0.457. The molecule has 1 aromatic heterocycles. The van der Waals surface area contributed by atoms with Crippen LogP contribution in [0.1, 0.15) is 6.92 Å². The van der Waals surface area contributed by atoms with Crippen LogP contribution in [0.4, 0.5) is 17.5 Å². The number of carbonyl (C=O) groups excluding carboxylic acids is 1. The van der Waals surface area contributed by atoms with Crippen LogP contribution in [0.2, 0.25) is 0 Å². The molecular formula is C10H15N5O4. The van der Waals surface area contributed by atoms with Crippen molar-refractivity contribution in [2.75, 3.05) is 31.3 Å². The molecule has 1 unspecified atom stereocenters. The largest absolute Gasteiger partial charge is 0.469 e. The van der Waals surface area contributed by atoms with Crippen LogP contribution in [0.25, 0.3) is 0 Å². The van der Waals surface area contributed by atoms with Crippen LogP contribution in [-0.4, -0.2) is 41.6 Å². The number of rotatable bonds is 5. The van der Waals surface area contributed by atoms with Gasteiger partial charge in [-0.25, -0.2) is 4.98 Å². The van der Waals surface area contributed by atoms with Crippen molar-refractivity contribution in [3.05, 3.63) is 16.3 Å². The molecule has 0 aliphatic heterocycles. The number of ether oxygens (including phenoxy) is 1. The smallest absolute Gasteiger partial charge is 0.329 e. The molecule has 0 aromatic carbocycles. The summed E-state index contributed by atoms with van der Waals surface area (Å²) in [6, 6.07) is 0. The Balaban J connectivity index is 2.83. The lowest BCUT2D eigenvalue weighted by Crippen LogP contribution is -2.30. The zero-order chi connectivity index (χ0) is 14.6. The number of nitrogens with zero attached hydrogens (tertiary/aromatic N) is 4. The topological polar surface area (TPSA) is 124 Å². The monoisotopic (exact) mass is 269 g/mol. The molecular weight excluding hydrogens is 254 g/mol. The molecule has 1 aromatic rings. The minimum atomic E-state index is -0.657. The first-order valence-corrected chi connectivity index (χ1v) is 5.42. The first kappa shape index (κ1) is 14.6. The van der Waals surface area contributed by atoms with Gasteiger partial charge in [0.1, 0.15) is 6.20 Å². The van der Waals surface area contributed by atoms with E-state index in [-0.39, 0.29) is 29.3 Å². The molecule has 0 radical (unpaired) electrons. The predicted octanol–water partition coefficient (Wildman–Crippen LogP) is 0.212. The number of nitro groups is 1. The average molecular weight is 269 g/mol. The molecule has 0 saturated carbocycles. The second-order valence-corrected chi connectivity index (χ2v) is 4.00. The van der Waals surface area contributed by atoms with Crippen LogP contribution in [0.5, 0.6) is 0 Å². The average Bonchev–Trinajstić information content (AvgIpc) is 2.36. The molecule has 0 aliphatic rings. The molecule has 0 aliphatic carbocycles. The zero-order valence-corrected chi connectivity index (χ0v) is 10.9. The fourth-order valence-electron chi connectivity index (χ4n) is 1.47. The lowest BCUT2D eigenvalue weighted by Gasteiger charge is -2.19. The highest BCUT2D eigenvalue weighted by atomic mass is 16.6. The Labute approximate surface area is 109 Å². The van der Waals surface area contributed by atoms with Gasteiger partial charge in [0.25, 0.3) is 0 Å². The molecule has 0 amide bonds. The summed E-state index contributed by atoms with van der Waals surface area (Å²) in [6.45, 7) is 2.00. The number of anilines is 2. The molecule has 104 valence electrons. The Hall–Kier alpha value is -2.45. The third kappa shape index (κ3) is 3.50. The molecule has 0 saturated heterocycles. The summed E-state index contributed by atoms with van der Waals surface area (Å²) in [7, 11) is 2.96. The minimum Gasteiger partial charge on any atom is -0.469 e. The Kier molecular flexibility index (Phi) is 4.56. The van der Waals surface area contributed by atoms with Crippen LogP contribution in [0.3, 0.4) is 0 Å². The number of esters is 1. The van der Waals surface area contributed by atoms with Gasteiger partial charge >= 0.3 is 11.7 Å². The van der Waals surface area contributed by atoms with E-state index in [1.54, 1.807) is 18.9 Å². The van der Waals surface area contributed by atoms with E-state index in [4.69, 9.17) is 5.73 Å². The van der Waals surface area contributed by atoms with Gasteiger partial charge in [0.15, 0.2) is 0 Å². The first-order valence-electron chi connectivity index (χ1n) is 5.42. The molecule has 9 heteroatoms. The van der Waals surface area contributed by atoms with Gasteiger partial charge in [-0.1, -0.05) is 6.92 Å². The fourth-order valence-corrected chi connectivity index (χ4v) is 1.47. The van der Waals surface area contributed by atoms with Crippen LogP contribution in [0.15, 0.2) is 6.20 Å². The summed E-state index contributed by atoms with van der Waals surface area (Å²) < 4.78 is 4.60. The van der Waals surface area contributed by atoms with Crippen molar-refractivity contribution in [2.24, 2.45) is 5.92 Å². The molecule has 1 atom stereocenters. The SMILES string of the molecule is COC(=O)C(C)CN(C)c1ncc([N+](=O)[O-])c(N)n1. The summed E-state index contributed by atoms with van der Waals surface area (Å²) in [4.78, 5) is 30.5. The van der Waals surface area contributed by atoms with Crippen molar-refractivity contribution >= 4 is 23.4 Å². The molecule has 2 N–H and O–H groups in total. The fraction of sp³-hybridized carbons (Fsp3) is 0.500. The second kappa shape index (κ2) is 5.94. The van der Waals surface area contributed by atoms with Gasteiger partial charge in [-0.2, -0.15) is 4.98 Å². The van der Waals surface area contributed by atoms with E-state index in [1.807, 2.05) is 0 Å². The summed E-state index contributed by atoms with van der Waals surface area (Å²) >= 11 is 0. The normalized spacial score (nSPS) is 11.7. The summed E-state index contributed by atoms with van der Waals surface area (Å²) in [5.74, 6) is -0.747. The third-order valence-electron chi connectivity index (χ3n) is 2.47. The molecule has 0 bridgehead atoms. The maximum Gasteiger partial charge on any atom is 0.329 e. The van der Waals surface area contributed by atoms with Crippen molar-refractivity contribution in [1.82, 2.24) is 9.97 Å². The first-order chi connectivity index (χ1) is 8.86. The maximum absolute atomic E-state index is 11.3. The van der Waals surface area contributed by atoms with Gasteiger partial charge in [-0.05, 0) is 0 Å². The van der Waals surface area contributed by atoms with E-state index < -0.39 is 4.92 Å². The minimum absolute atomic E-state index is 0.207. The third-order valence-corrected chi connectivity index (χ3v) is 2.47. The number of hydrogen-bond acceptors (Lipinski definition) is 8. The van der Waals surface area contributed by atoms with Gasteiger partial charge in [-0.3, -0.25) is 14.9 Å². The summed E-state index contributed by atoms with van der Waals surface area (Å²) in [5, 5.41) is 10.6. The van der Waals surface area contributed by atoms with E-state index in [9.17, 15) is 14.9 Å². The number of methoxy groups -OCH3 is 1. The van der Waals surface area contributed by atoms with E-state index in [0.717, 1.165) is 6.20 Å².